The fourth-order valence-corrected chi connectivity index (χ4v) is 3.17. The zero-order valence-electron chi connectivity index (χ0n) is 17.0. The van der Waals surface area contributed by atoms with Crippen LogP contribution in [-0.4, -0.2) is 34.0 Å². The maximum atomic E-state index is 13.2. The highest BCUT2D eigenvalue weighted by atomic mass is 19.1. The Morgan fingerprint density at radius 2 is 1.83 bits per heavy atom. The Hall–Kier alpha value is -3.15. The normalized spacial score (nSPS) is 10.9. The molecule has 0 N–H and O–H groups in total. The zero-order valence-corrected chi connectivity index (χ0v) is 17.0. The van der Waals surface area contributed by atoms with E-state index in [4.69, 9.17) is 4.74 Å². The van der Waals surface area contributed by atoms with E-state index in [-0.39, 0.29) is 11.7 Å². The molecule has 0 bridgehead atoms. The van der Waals surface area contributed by atoms with Gasteiger partial charge in [0, 0.05) is 31.0 Å². The van der Waals surface area contributed by atoms with Crippen molar-refractivity contribution in [2.45, 2.75) is 26.9 Å². The number of imidazole rings is 1. The second kappa shape index (κ2) is 9.37. The van der Waals surface area contributed by atoms with E-state index in [0.717, 1.165) is 17.1 Å². The smallest absolute Gasteiger partial charge is 0.254 e. The molecule has 0 aliphatic carbocycles. The number of halogens is 1. The number of ether oxygens (including phenoxy) is 1. The van der Waals surface area contributed by atoms with Gasteiger partial charge in [0.1, 0.15) is 17.4 Å². The number of hydrogen-bond acceptors (Lipinski definition) is 3. The molecule has 0 atom stereocenters. The minimum absolute atomic E-state index is 0.127. The van der Waals surface area contributed by atoms with Crippen LogP contribution in [0.25, 0.3) is 0 Å². The van der Waals surface area contributed by atoms with Crippen molar-refractivity contribution in [1.82, 2.24) is 14.5 Å². The van der Waals surface area contributed by atoms with Crippen LogP contribution < -0.4 is 4.74 Å². The van der Waals surface area contributed by atoms with E-state index in [1.807, 2.05) is 35.0 Å². The van der Waals surface area contributed by atoms with Gasteiger partial charge in [-0.1, -0.05) is 26.0 Å². The monoisotopic (exact) mass is 395 g/mol. The van der Waals surface area contributed by atoms with Crippen molar-refractivity contribution >= 4 is 5.91 Å². The highest BCUT2D eigenvalue weighted by Crippen LogP contribution is 2.16. The van der Waals surface area contributed by atoms with Gasteiger partial charge in [-0.25, -0.2) is 9.37 Å². The molecule has 0 radical (unpaired) electrons. The zero-order chi connectivity index (χ0) is 20.8. The molecule has 1 heterocycles. The van der Waals surface area contributed by atoms with Crippen molar-refractivity contribution in [3.05, 3.63) is 83.7 Å². The van der Waals surface area contributed by atoms with Gasteiger partial charge in [0.05, 0.1) is 13.7 Å². The largest absolute Gasteiger partial charge is 0.497 e. The molecule has 3 aromatic rings. The molecule has 6 heteroatoms. The lowest BCUT2D eigenvalue weighted by Crippen LogP contribution is -2.34. The first-order valence-corrected chi connectivity index (χ1v) is 9.64. The molecule has 29 heavy (non-hydrogen) atoms. The van der Waals surface area contributed by atoms with Gasteiger partial charge >= 0.3 is 0 Å². The summed E-state index contributed by atoms with van der Waals surface area (Å²) in [5, 5.41) is 0. The van der Waals surface area contributed by atoms with Crippen molar-refractivity contribution in [3.63, 3.8) is 0 Å². The number of amides is 1. The van der Waals surface area contributed by atoms with Crippen molar-refractivity contribution in [2.24, 2.45) is 5.92 Å². The summed E-state index contributed by atoms with van der Waals surface area (Å²) in [5.41, 5.74) is 1.59. The quantitative estimate of drug-likeness (QED) is 0.569. The average molecular weight is 395 g/mol. The van der Waals surface area contributed by atoms with E-state index >= 15 is 0 Å². The number of carbonyl (C=O) groups is 1. The third-order valence-electron chi connectivity index (χ3n) is 4.61. The number of hydrogen-bond donors (Lipinski definition) is 0. The van der Waals surface area contributed by atoms with E-state index in [1.165, 1.54) is 24.3 Å². The Morgan fingerprint density at radius 3 is 2.45 bits per heavy atom. The number of aromatic nitrogens is 2. The predicted molar refractivity (Wildman–Crippen MR) is 110 cm³/mol. The molecule has 0 spiro atoms. The molecule has 0 unspecified atom stereocenters. The topological polar surface area (TPSA) is 47.4 Å². The van der Waals surface area contributed by atoms with Crippen LogP contribution in [0.3, 0.4) is 0 Å². The molecule has 152 valence electrons. The molecule has 5 nitrogen and oxygen atoms in total. The van der Waals surface area contributed by atoms with Crippen LogP contribution in [-0.2, 0) is 13.1 Å². The minimum Gasteiger partial charge on any atom is -0.497 e. The molecule has 0 saturated heterocycles. The first-order valence-electron chi connectivity index (χ1n) is 9.64. The third-order valence-corrected chi connectivity index (χ3v) is 4.61. The first-order chi connectivity index (χ1) is 14.0. The van der Waals surface area contributed by atoms with E-state index < -0.39 is 0 Å². The molecule has 0 saturated carbocycles. The predicted octanol–water partition coefficient (Wildman–Crippen LogP) is 4.38. The van der Waals surface area contributed by atoms with Gasteiger partial charge in [-0.05, 0) is 47.9 Å². The molecule has 3 rings (SSSR count). The third kappa shape index (κ3) is 5.44. The fourth-order valence-electron chi connectivity index (χ4n) is 3.17. The number of nitrogens with zero attached hydrogens (tertiary/aromatic N) is 3. The van der Waals surface area contributed by atoms with E-state index in [9.17, 15) is 9.18 Å². The Morgan fingerprint density at radius 1 is 1.14 bits per heavy atom. The Kier molecular flexibility index (Phi) is 6.65. The molecule has 1 amide bonds. The lowest BCUT2D eigenvalue weighted by molar-refractivity contribution is 0.0716. The van der Waals surface area contributed by atoms with Crippen LogP contribution >= 0.6 is 0 Å². The molecule has 1 aromatic heterocycles. The summed E-state index contributed by atoms with van der Waals surface area (Å²) in [6.45, 7) is 5.76. The summed E-state index contributed by atoms with van der Waals surface area (Å²) < 4.78 is 20.5. The molecule has 0 fully saturated rings. The van der Waals surface area contributed by atoms with E-state index in [0.29, 0.717) is 31.1 Å². The summed E-state index contributed by atoms with van der Waals surface area (Å²) >= 11 is 0. The SMILES string of the molecule is COc1ccc(Cn2ccnc2CN(CC(C)C)C(=O)c2ccc(F)cc2)cc1. The van der Waals surface area contributed by atoms with Gasteiger partial charge in [-0.2, -0.15) is 0 Å². The van der Waals surface area contributed by atoms with Crippen molar-refractivity contribution in [3.8, 4) is 5.75 Å². The summed E-state index contributed by atoms with van der Waals surface area (Å²) in [4.78, 5) is 19.2. The van der Waals surface area contributed by atoms with Crippen LogP contribution in [0.15, 0.2) is 60.9 Å². The van der Waals surface area contributed by atoms with Crippen molar-refractivity contribution < 1.29 is 13.9 Å². The molecule has 0 aliphatic heterocycles. The second-order valence-corrected chi connectivity index (χ2v) is 7.41. The highest BCUT2D eigenvalue weighted by Gasteiger charge is 2.19. The molecular weight excluding hydrogens is 369 g/mol. The van der Waals surface area contributed by atoms with Crippen LogP contribution in [0, 0.1) is 11.7 Å². The number of methoxy groups -OCH3 is 1. The standard InChI is InChI=1S/C23H26FN3O2/c1-17(2)14-27(23(28)19-6-8-20(24)9-7-19)16-22-25-12-13-26(22)15-18-4-10-21(29-3)11-5-18/h4-13,17H,14-16H2,1-3H3. The Bertz CT molecular complexity index is 934. The van der Waals surface area contributed by atoms with Crippen LogP contribution in [0.1, 0.15) is 35.6 Å². The molecule has 0 aliphatic rings. The van der Waals surface area contributed by atoms with Crippen molar-refractivity contribution in [1.29, 1.82) is 0 Å². The lowest BCUT2D eigenvalue weighted by atomic mass is 10.1. The van der Waals surface area contributed by atoms with Gasteiger partial charge in [0.15, 0.2) is 0 Å². The van der Waals surface area contributed by atoms with Gasteiger partial charge in [-0.15, -0.1) is 0 Å². The molecule has 2 aromatic carbocycles. The number of carbonyl (C=O) groups excluding carboxylic acids is 1. The van der Waals surface area contributed by atoms with Gasteiger partial charge < -0.3 is 14.2 Å². The van der Waals surface area contributed by atoms with Crippen LogP contribution in [0.2, 0.25) is 0 Å². The van der Waals surface area contributed by atoms with Crippen LogP contribution in [0.5, 0.6) is 5.75 Å². The van der Waals surface area contributed by atoms with Crippen molar-refractivity contribution in [2.75, 3.05) is 13.7 Å². The van der Waals surface area contributed by atoms with Gasteiger partial charge in [0.25, 0.3) is 5.91 Å². The Balaban J connectivity index is 1.78. The van der Waals surface area contributed by atoms with Gasteiger partial charge in [0.2, 0.25) is 0 Å². The average Bonchev–Trinajstić information content (AvgIpc) is 3.14. The maximum absolute atomic E-state index is 13.2. The number of rotatable bonds is 8. The lowest BCUT2D eigenvalue weighted by Gasteiger charge is -2.25. The summed E-state index contributed by atoms with van der Waals surface area (Å²) in [6.07, 6.45) is 3.66. The van der Waals surface area contributed by atoms with E-state index in [1.54, 1.807) is 18.2 Å². The first kappa shape index (κ1) is 20.6. The summed E-state index contributed by atoms with van der Waals surface area (Å²) in [6, 6.07) is 13.5. The highest BCUT2D eigenvalue weighted by molar-refractivity contribution is 5.94. The maximum Gasteiger partial charge on any atom is 0.254 e. The summed E-state index contributed by atoms with van der Waals surface area (Å²) in [7, 11) is 1.64. The molecular formula is C23H26FN3O2. The number of benzene rings is 2. The van der Waals surface area contributed by atoms with Gasteiger partial charge in [-0.3, -0.25) is 4.79 Å². The summed E-state index contributed by atoms with van der Waals surface area (Å²) in [5.74, 6) is 1.43. The fraction of sp³-hybridized carbons (Fsp3) is 0.304. The van der Waals surface area contributed by atoms with E-state index in [2.05, 4.69) is 18.8 Å². The minimum atomic E-state index is -0.355. The Labute approximate surface area is 170 Å². The van der Waals surface area contributed by atoms with Crippen LogP contribution in [0.4, 0.5) is 4.39 Å². The second-order valence-electron chi connectivity index (χ2n) is 7.41.